The van der Waals surface area contributed by atoms with E-state index in [-0.39, 0.29) is 4.84 Å². The second-order valence-electron chi connectivity index (χ2n) is 2.03. The Kier molecular flexibility index (Phi) is 1.82. The van der Waals surface area contributed by atoms with Crippen molar-refractivity contribution in [2.45, 2.75) is 24.1 Å². The Hall–Kier alpha value is 0.580. The van der Waals surface area contributed by atoms with Gasteiger partial charge in [-0.25, -0.2) is 0 Å². The molecule has 0 unspecified atom stereocenters. The van der Waals surface area contributed by atoms with Crippen LogP contribution in [0.1, 0.15) is 19.3 Å². The van der Waals surface area contributed by atoms with Gasteiger partial charge in [-0.15, -0.1) is 23.2 Å². The fraction of sp³-hybridized carbons (Fsp3) is 1.00. The Morgan fingerprint density at radius 3 is 1.86 bits per heavy atom. The zero-order chi connectivity index (χ0) is 5.28. The van der Waals surface area contributed by atoms with E-state index in [1.165, 1.54) is 19.3 Å². The van der Waals surface area contributed by atoms with E-state index in [0.717, 1.165) is 0 Å². The van der Waals surface area contributed by atoms with Crippen LogP contribution in [0.5, 0.6) is 0 Å². The van der Waals surface area contributed by atoms with Gasteiger partial charge in [-0.2, -0.15) is 0 Å². The van der Waals surface area contributed by atoms with E-state index >= 15 is 0 Å². The molecule has 1 aliphatic carbocycles. The van der Waals surface area contributed by atoms with E-state index in [1.54, 1.807) is 0 Å². The van der Waals surface area contributed by atoms with E-state index in [0.29, 0.717) is 5.92 Å². The van der Waals surface area contributed by atoms with Crippen molar-refractivity contribution in [1.82, 2.24) is 0 Å². The van der Waals surface area contributed by atoms with E-state index in [4.69, 9.17) is 23.2 Å². The van der Waals surface area contributed by atoms with E-state index in [9.17, 15) is 0 Å². The van der Waals surface area contributed by atoms with Gasteiger partial charge in [0.2, 0.25) is 0 Å². The van der Waals surface area contributed by atoms with Crippen LogP contribution in [0.15, 0.2) is 0 Å². The molecule has 1 rings (SSSR count). The molecular weight excluding hydrogens is 131 g/mol. The first-order valence-electron chi connectivity index (χ1n) is 2.59. The van der Waals surface area contributed by atoms with Crippen LogP contribution in [0, 0.1) is 5.92 Å². The van der Waals surface area contributed by atoms with Gasteiger partial charge in [0.25, 0.3) is 0 Å². The minimum atomic E-state index is -0.103. The average Bonchev–Trinajstić information content (AvgIpc) is 1.23. The monoisotopic (exact) mass is 138 g/mol. The predicted octanol–water partition coefficient (Wildman–Crippen LogP) is 2.59. The molecule has 0 bridgehead atoms. The number of rotatable bonds is 1. The summed E-state index contributed by atoms with van der Waals surface area (Å²) >= 11 is 11.1. The van der Waals surface area contributed by atoms with Gasteiger partial charge in [0.05, 0.1) is 0 Å². The third-order valence-corrected chi connectivity index (χ3v) is 2.22. The number of halogens is 2. The maximum absolute atomic E-state index is 5.55. The van der Waals surface area contributed by atoms with Crippen molar-refractivity contribution in [3.8, 4) is 0 Å². The zero-order valence-electron chi connectivity index (χ0n) is 4.03. The molecule has 0 atom stereocenters. The summed E-state index contributed by atoms with van der Waals surface area (Å²) in [5.74, 6) is 0.614. The fourth-order valence-corrected chi connectivity index (χ4v) is 1.20. The fourth-order valence-electron chi connectivity index (χ4n) is 0.692. The molecule has 0 N–H and O–H groups in total. The van der Waals surface area contributed by atoms with E-state index < -0.39 is 0 Å². The van der Waals surface area contributed by atoms with Crippen molar-refractivity contribution in [2.75, 3.05) is 0 Å². The van der Waals surface area contributed by atoms with Crippen LogP contribution in [0.25, 0.3) is 0 Å². The highest BCUT2D eigenvalue weighted by Gasteiger charge is 2.23. The first kappa shape index (κ1) is 5.71. The standard InChI is InChI=1S/C5H8Cl2/c6-5(7)4-2-1-3-4/h4-5H,1-3H2. The molecule has 0 aromatic heterocycles. The number of alkyl halides is 2. The van der Waals surface area contributed by atoms with Gasteiger partial charge in [-0.05, 0) is 18.8 Å². The first-order valence-corrected chi connectivity index (χ1v) is 3.46. The Bertz CT molecular complexity index is 57.1. The summed E-state index contributed by atoms with van der Waals surface area (Å²) in [6, 6.07) is 0. The highest BCUT2D eigenvalue weighted by molar-refractivity contribution is 6.44. The Morgan fingerprint density at radius 1 is 1.29 bits per heavy atom. The lowest BCUT2D eigenvalue weighted by Gasteiger charge is -2.25. The number of hydrogen-bond acceptors (Lipinski definition) is 0. The smallest absolute Gasteiger partial charge is 0.105 e. The highest BCUT2D eigenvalue weighted by atomic mass is 35.5. The van der Waals surface area contributed by atoms with Crippen molar-refractivity contribution in [3.05, 3.63) is 0 Å². The van der Waals surface area contributed by atoms with Crippen LogP contribution in [0.3, 0.4) is 0 Å². The lowest BCUT2D eigenvalue weighted by Crippen LogP contribution is -2.17. The average molecular weight is 139 g/mol. The Labute approximate surface area is 53.8 Å². The molecule has 1 saturated carbocycles. The molecule has 2 heteroatoms. The molecule has 1 aliphatic rings. The first-order chi connectivity index (χ1) is 3.30. The zero-order valence-corrected chi connectivity index (χ0v) is 5.54. The van der Waals surface area contributed by atoms with Gasteiger partial charge in [0.1, 0.15) is 4.84 Å². The van der Waals surface area contributed by atoms with Crippen LogP contribution in [0.2, 0.25) is 0 Å². The normalized spacial score (nSPS) is 22.7. The van der Waals surface area contributed by atoms with Gasteiger partial charge in [0, 0.05) is 0 Å². The summed E-state index contributed by atoms with van der Waals surface area (Å²) in [6.45, 7) is 0. The molecule has 0 aromatic rings. The molecule has 0 saturated heterocycles. The van der Waals surface area contributed by atoms with Crippen molar-refractivity contribution in [1.29, 1.82) is 0 Å². The maximum atomic E-state index is 5.55. The molecule has 0 spiro atoms. The van der Waals surface area contributed by atoms with Crippen molar-refractivity contribution in [3.63, 3.8) is 0 Å². The van der Waals surface area contributed by atoms with Gasteiger partial charge < -0.3 is 0 Å². The van der Waals surface area contributed by atoms with Gasteiger partial charge in [-0.3, -0.25) is 0 Å². The summed E-state index contributed by atoms with van der Waals surface area (Å²) in [7, 11) is 0. The summed E-state index contributed by atoms with van der Waals surface area (Å²) in [5.41, 5.74) is 0. The topological polar surface area (TPSA) is 0 Å². The summed E-state index contributed by atoms with van der Waals surface area (Å²) in [4.78, 5) is -0.103. The Balaban J connectivity index is 2.14. The van der Waals surface area contributed by atoms with Crippen LogP contribution < -0.4 is 0 Å². The van der Waals surface area contributed by atoms with E-state index in [1.807, 2.05) is 0 Å². The van der Waals surface area contributed by atoms with Crippen molar-refractivity contribution < 1.29 is 0 Å². The second kappa shape index (κ2) is 2.23. The van der Waals surface area contributed by atoms with E-state index in [2.05, 4.69) is 0 Å². The third-order valence-electron chi connectivity index (χ3n) is 1.51. The lowest BCUT2D eigenvalue weighted by molar-refractivity contribution is 0.336. The summed E-state index contributed by atoms with van der Waals surface area (Å²) < 4.78 is 0. The molecule has 0 nitrogen and oxygen atoms in total. The van der Waals surface area contributed by atoms with Gasteiger partial charge >= 0.3 is 0 Å². The van der Waals surface area contributed by atoms with Crippen LogP contribution in [-0.4, -0.2) is 4.84 Å². The largest absolute Gasteiger partial charge is 0.110 e. The molecule has 1 fully saturated rings. The summed E-state index contributed by atoms with van der Waals surface area (Å²) in [6.07, 6.45) is 3.79. The SMILES string of the molecule is ClC(Cl)C1CCC1. The number of hydrogen-bond donors (Lipinski definition) is 0. The lowest BCUT2D eigenvalue weighted by atomic mass is 9.87. The molecule has 0 radical (unpaired) electrons. The van der Waals surface area contributed by atoms with Crippen molar-refractivity contribution >= 4 is 23.2 Å². The maximum Gasteiger partial charge on any atom is 0.110 e. The third kappa shape index (κ3) is 1.23. The second-order valence-corrected chi connectivity index (χ2v) is 3.19. The summed E-state index contributed by atoms with van der Waals surface area (Å²) in [5, 5.41) is 0. The van der Waals surface area contributed by atoms with Crippen molar-refractivity contribution in [2.24, 2.45) is 5.92 Å². The quantitative estimate of drug-likeness (QED) is 0.489. The van der Waals surface area contributed by atoms with Crippen LogP contribution in [-0.2, 0) is 0 Å². The molecule has 7 heavy (non-hydrogen) atoms. The van der Waals surface area contributed by atoms with Crippen LogP contribution in [0.4, 0.5) is 0 Å². The minimum Gasteiger partial charge on any atom is -0.105 e. The minimum absolute atomic E-state index is 0.103. The van der Waals surface area contributed by atoms with Crippen LogP contribution >= 0.6 is 23.2 Å². The molecule has 0 heterocycles. The predicted molar refractivity (Wildman–Crippen MR) is 32.8 cm³/mol. The van der Waals surface area contributed by atoms with Gasteiger partial charge in [-0.1, -0.05) is 6.42 Å². The van der Waals surface area contributed by atoms with Gasteiger partial charge in [0.15, 0.2) is 0 Å². The molecule has 0 aromatic carbocycles. The molecular formula is C5H8Cl2. The Morgan fingerprint density at radius 2 is 1.86 bits per heavy atom. The highest BCUT2D eigenvalue weighted by Crippen LogP contribution is 2.33. The molecule has 42 valence electrons. The molecule has 0 amide bonds. The molecule has 0 aliphatic heterocycles.